The van der Waals surface area contributed by atoms with Crippen molar-refractivity contribution in [3.63, 3.8) is 0 Å². The van der Waals surface area contributed by atoms with Gasteiger partial charge in [0.15, 0.2) is 0 Å². The molecule has 0 aliphatic rings. The van der Waals surface area contributed by atoms with Gasteiger partial charge in [-0.1, -0.05) is 80.1 Å². The minimum absolute atomic E-state index is 0.0530. The summed E-state index contributed by atoms with van der Waals surface area (Å²) in [4.78, 5) is 0. The summed E-state index contributed by atoms with van der Waals surface area (Å²) in [5.41, 5.74) is 0.106. The van der Waals surface area contributed by atoms with Gasteiger partial charge in [0.05, 0.1) is 11.2 Å². The van der Waals surface area contributed by atoms with Crippen molar-refractivity contribution in [1.29, 1.82) is 0 Å². The first-order valence-electron chi connectivity index (χ1n) is 11.4. The summed E-state index contributed by atoms with van der Waals surface area (Å²) in [6.07, 6.45) is 15.1. The van der Waals surface area contributed by atoms with Gasteiger partial charge in [-0.15, -0.1) is 0 Å². The third-order valence-corrected chi connectivity index (χ3v) is 6.34. The topological polar surface area (TPSA) is 9.23 Å². The third kappa shape index (κ3) is 11.3. The highest BCUT2D eigenvalue weighted by Crippen LogP contribution is 2.37. The Hall–Kier alpha value is -0.0400. The molecule has 25 heavy (non-hydrogen) atoms. The lowest BCUT2D eigenvalue weighted by Crippen LogP contribution is -2.42. The predicted molar refractivity (Wildman–Crippen MR) is 114 cm³/mol. The normalized spacial score (nSPS) is 19.2. The molecule has 0 aromatic heterocycles. The van der Waals surface area contributed by atoms with Crippen molar-refractivity contribution in [2.24, 2.45) is 11.8 Å². The summed E-state index contributed by atoms with van der Waals surface area (Å²) in [6, 6.07) is 0. The highest BCUT2D eigenvalue weighted by Gasteiger charge is 2.35. The number of rotatable bonds is 16. The van der Waals surface area contributed by atoms with Gasteiger partial charge in [0.2, 0.25) is 0 Å². The molecule has 0 aromatic rings. The van der Waals surface area contributed by atoms with Crippen LogP contribution in [0, 0.1) is 11.8 Å². The lowest BCUT2D eigenvalue weighted by Gasteiger charge is -2.42. The van der Waals surface area contributed by atoms with Crippen molar-refractivity contribution in [2.75, 3.05) is 0 Å². The second kappa shape index (κ2) is 13.2. The molecule has 152 valence electrons. The average Bonchev–Trinajstić information content (AvgIpc) is 2.61. The van der Waals surface area contributed by atoms with Crippen molar-refractivity contribution >= 4 is 0 Å². The van der Waals surface area contributed by atoms with Crippen LogP contribution in [0.4, 0.5) is 0 Å². The van der Waals surface area contributed by atoms with Gasteiger partial charge in [0.25, 0.3) is 0 Å². The summed E-state index contributed by atoms with van der Waals surface area (Å²) < 4.78 is 7.02. The summed E-state index contributed by atoms with van der Waals surface area (Å²) in [5.74, 6) is 1.62. The van der Waals surface area contributed by atoms with Crippen molar-refractivity contribution in [1.82, 2.24) is 0 Å². The van der Waals surface area contributed by atoms with Gasteiger partial charge in [0, 0.05) is 0 Å². The number of unbranched alkanes of at least 4 members (excludes halogenated alkanes) is 2. The Morgan fingerprint density at radius 1 is 0.640 bits per heavy atom. The van der Waals surface area contributed by atoms with E-state index < -0.39 is 0 Å². The van der Waals surface area contributed by atoms with Gasteiger partial charge in [0.1, 0.15) is 0 Å². The SMILES string of the molecule is CCCCC(C)(CCC(C)CC)OC(C)(CCCC)CCC(C)CC. The molecule has 0 N–H and O–H groups in total. The Labute approximate surface area is 160 Å². The molecule has 0 bridgehead atoms. The lowest BCUT2D eigenvalue weighted by atomic mass is 9.85. The number of ether oxygens (including phenoxy) is 1. The first kappa shape index (κ1) is 25.0. The molecule has 0 fully saturated rings. The van der Waals surface area contributed by atoms with Crippen LogP contribution in [0.1, 0.15) is 132 Å². The first-order chi connectivity index (χ1) is 11.7. The predicted octanol–water partition coefficient (Wildman–Crippen LogP) is 8.55. The monoisotopic (exact) mass is 354 g/mol. The highest BCUT2D eigenvalue weighted by molar-refractivity contribution is 4.85. The van der Waals surface area contributed by atoms with Crippen LogP contribution in [0.25, 0.3) is 0 Å². The molecule has 0 aliphatic carbocycles. The standard InChI is InChI=1S/C24H50O/c1-9-13-17-23(7,19-15-21(5)11-3)25-24(8,18-14-10-2)20-16-22(6)12-4/h21-22H,9-20H2,1-8H3. The Morgan fingerprint density at radius 3 is 1.28 bits per heavy atom. The second-order valence-corrected chi connectivity index (χ2v) is 9.31. The van der Waals surface area contributed by atoms with E-state index in [-0.39, 0.29) is 11.2 Å². The molecule has 4 unspecified atom stereocenters. The Balaban J connectivity index is 5.05. The van der Waals surface area contributed by atoms with Crippen molar-refractivity contribution < 1.29 is 4.74 Å². The van der Waals surface area contributed by atoms with Crippen molar-refractivity contribution in [2.45, 2.75) is 144 Å². The van der Waals surface area contributed by atoms with Crippen LogP contribution >= 0.6 is 0 Å². The van der Waals surface area contributed by atoms with Crippen molar-refractivity contribution in [3.8, 4) is 0 Å². The summed E-state index contributed by atoms with van der Waals surface area (Å²) in [6.45, 7) is 18.8. The molecule has 0 rings (SSSR count). The molecule has 0 radical (unpaired) electrons. The smallest absolute Gasteiger partial charge is 0.0662 e. The lowest BCUT2D eigenvalue weighted by molar-refractivity contribution is -0.158. The number of hydrogen-bond donors (Lipinski definition) is 0. The Morgan fingerprint density at radius 2 is 1.00 bits per heavy atom. The molecular weight excluding hydrogens is 304 g/mol. The van der Waals surface area contributed by atoms with Gasteiger partial charge in [-0.2, -0.15) is 0 Å². The van der Waals surface area contributed by atoms with Gasteiger partial charge < -0.3 is 4.74 Å². The Kier molecular flexibility index (Phi) is 13.2. The molecule has 0 heterocycles. The largest absolute Gasteiger partial charge is 0.369 e. The zero-order valence-corrected chi connectivity index (χ0v) is 19.0. The minimum atomic E-state index is 0.0530. The molecule has 0 amide bonds. The van der Waals surface area contributed by atoms with Crippen LogP contribution < -0.4 is 0 Å². The molecule has 4 atom stereocenters. The van der Waals surface area contributed by atoms with E-state index in [1.165, 1.54) is 77.0 Å². The van der Waals surface area contributed by atoms with Crippen LogP contribution in [-0.2, 0) is 4.74 Å². The van der Waals surface area contributed by atoms with Gasteiger partial charge in [-0.3, -0.25) is 0 Å². The molecule has 0 aromatic carbocycles. The molecule has 0 saturated heterocycles. The fraction of sp³-hybridized carbons (Fsp3) is 1.00. The zero-order chi connectivity index (χ0) is 19.3. The summed E-state index contributed by atoms with van der Waals surface area (Å²) in [5, 5.41) is 0. The molecule has 1 nitrogen and oxygen atoms in total. The van der Waals surface area contributed by atoms with Crippen molar-refractivity contribution in [3.05, 3.63) is 0 Å². The zero-order valence-electron chi connectivity index (χ0n) is 19.0. The van der Waals surface area contributed by atoms with Crippen LogP contribution in [0.2, 0.25) is 0 Å². The van der Waals surface area contributed by atoms with E-state index in [2.05, 4.69) is 55.4 Å². The van der Waals surface area contributed by atoms with Crippen LogP contribution in [0.15, 0.2) is 0 Å². The molecule has 0 aliphatic heterocycles. The van der Waals surface area contributed by atoms with Crippen LogP contribution in [0.3, 0.4) is 0 Å². The number of hydrogen-bond acceptors (Lipinski definition) is 1. The fourth-order valence-corrected chi connectivity index (χ4v) is 3.66. The van der Waals surface area contributed by atoms with E-state index >= 15 is 0 Å². The first-order valence-corrected chi connectivity index (χ1v) is 11.4. The summed E-state index contributed by atoms with van der Waals surface area (Å²) in [7, 11) is 0. The Bertz CT molecular complexity index is 283. The second-order valence-electron chi connectivity index (χ2n) is 9.31. The fourth-order valence-electron chi connectivity index (χ4n) is 3.66. The maximum absolute atomic E-state index is 7.02. The molecule has 0 spiro atoms. The van der Waals surface area contributed by atoms with E-state index in [1.807, 2.05) is 0 Å². The highest BCUT2D eigenvalue weighted by atomic mass is 16.5. The van der Waals surface area contributed by atoms with Gasteiger partial charge in [-0.05, 0) is 64.2 Å². The maximum Gasteiger partial charge on any atom is 0.0662 e. The van der Waals surface area contributed by atoms with E-state index in [0.29, 0.717) is 0 Å². The van der Waals surface area contributed by atoms with Crippen LogP contribution in [0.5, 0.6) is 0 Å². The van der Waals surface area contributed by atoms with Gasteiger partial charge in [-0.25, -0.2) is 0 Å². The molecule has 1 heteroatoms. The minimum Gasteiger partial charge on any atom is -0.369 e. The van der Waals surface area contributed by atoms with E-state index in [9.17, 15) is 0 Å². The van der Waals surface area contributed by atoms with Gasteiger partial charge >= 0.3 is 0 Å². The van der Waals surface area contributed by atoms with Crippen LogP contribution in [-0.4, -0.2) is 11.2 Å². The third-order valence-electron chi connectivity index (χ3n) is 6.34. The maximum atomic E-state index is 7.02. The molecule has 0 saturated carbocycles. The summed E-state index contributed by atoms with van der Waals surface area (Å²) >= 11 is 0. The average molecular weight is 355 g/mol. The molecular formula is C24H50O. The van der Waals surface area contributed by atoms with E-state index in [4.69, 9.17) is 4.74 Å². The van der Waals surface area contributed by atoms with E-state index in [1.54, 1.807) is 0 Å². The van der Waals surface area contributed by atoms with E-state index in [0.717, 1.165) is 11.8 Å². The quantitative estimate of drug-likeness (QED) is 0.270.